The van der Waals surface area contributed by atoms with E-state index in [1.165, 1.54) is 0 Å². The molecule has 0 atom stereocenters. The van der Waals surface area contributed by atoms with Gasteiger partial charge in [-0.15, -0.1) is 0 Å². The number of para-hydroxylation sites is 1. The fourth-order valence-electron chi connectivity index (χ4n) is 1.29. The van der Waals surface area contributed by atoms with E-state index >= 15 is 0 Å². The van der Waals surface area contributed by atoms with Crippen molar-refractivity contribution >= 4 is 11.8 Å². The van der Waals surface area contributed by atoms with Crippen LogP contribution in [0.15, 0.2) is 47.4 Å². The Kier molecular flexibility index (Phi) is 2.21. The number of rotatable bonds is 1. The lowest BCUT2D eigenvalue weighted by atomic mass is 10.2. The summed E-state index contributed by atoms with van der Waals surface area (Å²) < 4.78 is 0. The largest absolute Gasteiger partial charge is 0.353 e. The third-order valence-corrected chi connectivity index (χ3v) is 1.91. The van der Waals surface area contributed by atoms with Crippen molar-refractivity contribution in [3.05, 3.63) is 58.2 Å². The summed E-state index contributed by atoms with van der Waals surface area (Å²) in [4.78, 5) is 2.73. The van der Waals surface area contributed by atoms with Gasteiger partial charge in [0, 0.05) is 10.6 Å². The third-order valence-electron chi connectivity index (χ3n) is 1.91. The molecular weight excluding hydrogens is 176 g/mol. The summed E-state index contributed by atoms with van der Waals surface area (Å²) in [5.74, 6) is 0.508. The molecule has 0 aliphatic carbocycles. The number of anilines is 1. The Bertz CT molecular complexity index is 453. The van der Waals surface area contributed by atoms with E-state index in [9.17, 15) is 0 Å². The van der Waals surface area contributed by atoms with Crippen molar-refractivity contribution in [3.8, 4) is 0 Å². The van der Waals surface area contributed by atoms with Crippen LogP contribution < -0.4 is 5.32 Å². The molecule has 1 aromatic carbocycles. The maximum absolute atomic E-state index is 8.31. The molecule has 1 N–H and O–H groups in total. The van der Waals surface area contributed by atoms with Gasteiger partial charge in [-0.3, -0.25) is 0 Å². The van der Waals surface area contributed by atoms with E-state index in [0.717, 1.165) is 11.3 Å². The SMILES string of the molecule is [N-]=[N+]=NC1=CC=Cc2ccccc2N1. The quantitative estimate of drug-likeness (QED) is 0.406. The van der Waals surface area contributed by atoms with Crippen LogP contribution in [0.1, 0.15) is 5.56 Å². The molecule has 0 radical (unpaired) electrons. The molecule has 4 nitrogen and oxygen atoms in total. The lowest BCUT2D eigenvalue weighted by molar-refractivity contribution is 1.28. The van der Waals surface area contributed by atoms with Crippen molar-refractivity contribution < 1.29 is 0 Å². The minimum atomic E-state index is 0.508. The lowest BCUT2D eigenvalue weighted by Crippen LogP contribution is -1.95. The van der Waals surface area contributed by atoms with E-state index in [-0.39, 0.29) is 0 Å². The second-order valence-corrected chi connectivity index (χ2v) is 2.81. The average Bonchev–Trinajstić information content (AvgIpc) is 2.40. The average molecular weight is 184 g/mol. The van der Waals surface area contributed by atoms with Gasteiger partial charge < -0.3 is 5.32 Å². The van der Waals surface area contributed by atoms with Gasteiger partial charge in [0.15, 0.2) is 0 Å². The van der Waals surface area contributed by atoms with Crippen LogP contribution in [0.25, 0.3) is 16.5 Å². The van der Waals surface area contributed by atoms with Crippen LogP contribution >= 0.6 is 0 Å². The summed E-state index contributed by atoms with van der Waals surface area (Å²) in [5, 5.41) is 6.56. The Morgan fingerprint density at radius 1 is 1.29 bits per heavy atom. The molecule has 0 saturated heterocycles. The summed E-state index contributed by atoms with van der Waals surface area (Å²) in [6.07, 6.45) is 5.55. The van der Waals surface area contributed by atoms with Crippen LogP contribution in [0, 0.1) is 0 Å². The smallest absolute Gasteiger partial charge is 0.102 e. The van der Waals surface area contributed by atoms with Crippen LogP contribution in [0.2, 0.25) is 0 Å². The molecule has 0 bridgehead atoms. The second-order valence-electron chi connectivity index (χ2n) is 2.81. The molecule has 1 aliphatic heterocycles. The molecule has 4 heteroatoms. The van der Waals surface area contributed by atoms with Gasteiger partial charge in [-0.25, -0.2) is 0 Å². The summed E-state index contributed by atoms with van der Waals surface area (Å²) in [6.45, 7) is 0. The van der Waals surface area contributed by atoms with Crippen LogP contribution in [-0.4, -0.2) is 0 Å². The number of hydrogen-bond donors (Lipinski definition) is 1. The molecule has 0 amide bonds. The van der Waals surface area contributed by atoms with E-state index in [1.807, 2.05) is 36.4 Å². The number of nitrogens with one attached hydrogen (secondary N) is 1. The number of hydrogen-bond acceptors (Lipinski definition) is 2. The first kappa shape index (κ1) is 8.41. The molecule has 0 saturated carbocycles. The summed E-state index contributed by atoms with van der Waals surface area (Å²) in [7, 11) is 0. The summed E-state index contributed by atoms with van der Waals surface area (Å²) >= 11 is 0. The fourth-order valence-corrected chi connectivity index (χ4v) is 1.29. The van der Waals surface area contributed by atoms with Crippen molar-refractivity contribution in [1.29, 1.82) is 0 Å². The molecule has 2 rings (SSSR count). The highest BCUT2D eigenvalue weighted by atomic mass is 15.2. The molecule has 0 spiro atoms. The maximum atomic E-state index is 8.31. The van der Waals surface area contributed by atoms with Crippen LogP contribution in [0.4, 0.5) is 5.69 Å². The first-order chi connectivity index (χ1) is 6.90. The molecule has 0 aromatic heterocycles. The minimum absolute atomic E-state index is 0.508. The van der Waals surface area contributed by atoms with Gasteiger partial charge in [0.05, 0.1) is 0 Å². The van der Waals surface area contributed by atoms with Gasteiger partial charge in [-0.05, 0) is 28.4 Å². The van der Waals surface area contributed by atoms with Gasteiger partial charge in [0.2, 0.25) is 0 Å². The predicted molar refractivity (Wildman–Crippen MR) is 56.3 cm³/mol. The van der Waals surface area contributed by atoms with E-state index < -0.39 is 0 Å². The van der Waals surface area contributed by atoms with Crippen LogP contribution in [-0.2, 0) is 0 Å². The summed E-state index contributed by atoms with van der Waals surface area (Å²) in [5.41, 5.74) is 10.3. The molecule has 0 unspecified atom stereocenters. The number of allylic oxidation sites excluding steroid dienone is 2. The van der Waals surface area contributed by atoms with Crippen molar-refractivity contribution in [2.45, 2.75) is 0 Å². The molecule has 0 fully saturated rings. The van der Waals surface area contributed by atoms with Crippen molar-refractivity contribution in [2.75, 3.05) is 5.32 Å². The molecule has 1 heterocycles. The van der Waals surface area contributed by atoms with Crippen LogP contribution in [0.5, 0.6) is 0 Å². The molecule has 1 aromatic rings. The highest BCUT2D eigenvalue weighted by Crippen LogP contribution is 2.21. The van der Waals surface area contributed by atoms with Gasteiger partial charge in [-0.2, -0.15) is 0 Å². The second kappa shape index (κ2) is 3.68. The molecule has 14 heavy (non-hydrogen) atoms. The highest BCUT2D eigenvalue weighted by molar-refractivity contribution is 5.70. The van der Waals surface area contributed by atoms with E-state index in [1.54, 1.807) is 6.08 Å². The highest BCUT2D eigenvalue weighted by Gasteiger charge is 2.02. The Hall–Kier alpha value is -2.19. The molecule has 1 aliphatic rings. The fraction of sp³-hybridized carbons (Fsp3) is 0. The van der Waals surface area contributed by atoms with Crippen LogP contribution in [0.3, 0.4) is 0 Å². The Morgan fingerprint density at radius 3 is 3.00 bits per heavy atom. The molecular formula is C10H8N4. The van der Waals surface area contributed by atoms with Gasteiger partial charge >= 0.3 is 0 Å². The first-order valence-electron chi connectivity index (χ1n) is 4.19. The molecule has 68 valence electrons. The van der Waals surface area contributed by atoms with E-state index in [2.05, 4.69) is 15.3 Å². The van der Waals surface area contributed by atoms with Crippen molar-refractivity contribution in [2.24, 2.45) is 5.11 Å². The standard InChI is InChI=1S/C10H8N4/c11-14-13-10-7-3-5-8-4-1-2-6-9(8)12-10/h1-7,12H. The maximum Gasteiger partial charge on any atom is 0.102 e. The van der Waals surface area contributed by atoms with Crippen molar-refractivity contribution in [3.63, 3.8) is 0 Å². The lowest BCUT2D eigenvalue weighted by Gasteiger charge is -2.06. The predicted octanol–water partition coefficient (Wildman–Crippen LogP) is 3.28. The Morgan fingerprint density at radius 2 is 2.14 bits per heavy atom. The number of benzene rings is 1. The van der Waals surface area contributed by atoms with Gasteiger partial charge in [0.1, 0.15) is 5.82 Å². The zero-order valence-electron chi connectivity index (χ0n) is 7.38. The van der Waals surface area contributed by atoms with Crippen molar-refractivity contribution in [1.82, 2.24) is 0 Å². The van der Waals surface area contributed by atoms with Gasteiger partial charge in [-0.1, -0.05) is 30.4 Å². The summed E-state index contributed by atoms with van der Waals surface area (Å²) in [6, 6.07) is 7.82. The normalized spacial score (nSPS) is 13.0. The third kappa shape index (κ3) is 1.60. The first-order valence-corrected chi connectivity index (χ1v) is 4.19. The van der Waals surface area contributed by atoms with E-state index in [4.69, 9.17) is 5.53 Å². The van der Waals surface area contributed by atoms with Gasteiger partial charge in [0.25, 0.3) is 0 Å². The zero-order valence-corrected chi connectivity index (χ0v) is 7.38. The Balaban J connectivity index is 2.42. The number of nitrogens with zero attached hydrogens (tertiary/aromatic N) is 3. The minimum Gasteiger partial charge on any atom is -0.353 e. The zero-order chi connectivity index (χ0) is 9.80. The topological polar surface area (TPSA) is 60.8 Å². The number of azide groups is 1. The Labute approximate surface area is 81.2 Å². The number of fused-ring (bicyclic) bond motifs is 1. The monoisotopic (exact) mass is 184 g/mol. The van der Waals surface area contributed by atoms with E-state index in [0.29, 0.717) is 5.82 Å².